The van der Waals surface area contributed by atoms with E-state index in [1.165, 1.54) is 0 Å². The summed E-state index contributed by atoms with van der Waals surface area (Å²) < 4.78 is 5.58. The van der Waals surface area contributed by atoms with Crippen LogP contribution in [0.15, 0.2) is 46.9 Å². The molecule has 1 unspecified atom stereocenters. The minimum Gasteiger partial charge on any atom is -0.441 e. The Morgan fingerprint density at radius 2 is 1.90 bits per heavy atom. The van der Waals surface area contributed by atoms with Gasteiger partial charge in [0.1, 0.15) is 5.52 Å². The Morgan fingerprint density at radius 3 is 2.65 bits per heavy atom. The van der Waals surface area contributed by atoms with E-state index in [1.807, 2.05) is 24.3 Å². The molecule has 1 atom stereocenters. The summed E-state index contributed by atoms with van der Waals surface area (Å²) in [6, 6.07) is 12.5. The molecule has 102 valence electrons. The zero-order chi connectivity index (χ0) is 14.1. The second-order valence-corrected chi connectivity index (χ2v) is 5.28. The number of aliphatic hydroxyl groups is 1. The van der Waals surface area contributed by atoms with Gasteiger partial charge in [-0.05, 0) is 29.8 Å². The van der Waals surface area contributed by atoms with E-state index in [0.717, 1.165) is 5.52 Å². The van der Waals surface area contributed by atoms with Gasteiger partial charge in [0.25, 0.3) is 0 Å². The van der Waals surface area contributed by atoms with Crippen molar-refractivity contribution >= 4 is 34.3 Å². The van der Waals surface area contributed by atoms with Gasteiger partial charge in [-0.2, -0.15) is 0 Å². The van der Waals surface area contributed by atoms with Crippen LogP contribution in [0.5, 0.6) is 0 Å². The third kappa shape index (κ3) is 2.66. The van der Waals surface area contributed by atoms with Crippen LogP contribution in [0.3, 0.4) is 0 Å². The van der Waals surface area contributed by atoms with Gasteiger partial charge in [0.2, 0.25) is 0 Å². The molecule has 0 bridgehead atoms. The Morgan fingerprint density at radius 1 is 1.10 bits per heavy atom. The molecule has 2 aromatic carbocycles. The molecule has 0 aliphatic rings. The molecule has 1 N–H and O–H groups in total. The lowest BCUT2D eigenvalue weighted by Gasteiger charge is -2.09. The topological polar surface area (TPSA) is 46.3 Å². The molecule has 0 aliphatic carbocycles. The van der Waals surface area contributed by atoms with Gasteiger partial charge in [-0.3, -0.25) is 0 Å². The number of nitrogens with zero attached hydrogens (tertiary/aromatic N) is 1. The highest BCUT2D eigenvalue weighted by atomic mass is 35.5. The molecule has 5 heteroatoms. The zero-order valence-electron chi connectivity index (χ0n) is 10.4. The summed E-state index contributed by atoms with van der Waals surface area (Å²) in [6.45, 7) is 0. The summed E-state index contributed by atoms with van der Waals surface area (Å²) in [5.74, 6) is 0.491. The van der Waals surface area contributed by atoms with Gasteiger partial charge < -0.3 is 9.52 Å². The minimum atomic E-state index is -0.738. The largest absolute Gasteiger partial charge is 0.441 e. The van der Waals surface area contributed by atoms with Gasteiger partial charge in [-0.15, -0.1) is 0 Å². The Kier molecular flexibility index (Phi) is 3.66. The van der Waals surface area contributed by atoms with Crippen LogP contribution in [0.2, 0.25) is 10.0 Å². The predicted octanol–water partition coefficient (Wildman–Crippen LogP) is 4.41. The van der Waals surface area contributed by atoms with E-state index in [-0.39, 0.29) is 6.42 Å². The fraction of sp³-hybridized carbons (Fsp3) is 0.133. The van der Waals surface area contributed by atoms with Gasteiger partial charge in [0.05, 0.1) is 22.6 Å². The van der Waals surface area contributed by atoms with Crippen molar-refractivity contribution in [2.75, 3.05) is 0 Å². The summed E-state index contributed by atoms with van der Waals surface area (Å²) in [7, 11) is 0. The number of fused-ring (bicyclic) bond motifs is 1. The number of oxazole rings is 1. The second kappa shape index (κ2) is 5.44. The van der Waals surface area contributed by atoms with Crippen LogP contribution in [-0.4, -0.2) is 10.1 Å². The highest BCUT2D eigenvalue weighted by Gasteiger charge is 2.14. The van der Waals surface area contributed by atoms with E-state index in [0.29, 0.717) is 27.1 Å². The van der Waals surface area contributed by atoms with E-state index < -0.39 is 6.10 Å². The smallest absolute Gasteiger partial charge is 0.198 e. The summed E-state index contributed by atoms with van der Waals surface area (Å²) in [5.41, 5.74) is 2.18. The second-order valence-electron chi connectivity index (χ2n) is 4.47. The van der Waals surface area contributed by atoms with Crippen LogP contribution in [0, 0.1) is 0 Å². The lowest BCUT2D eigenvalue weighted by Crippen LogP contribution is -2.02. The highest BCUT2D eigenvalue weighted by molar-refractivity contribution is 6.42. The Labute approximate surface area is 125 Å². The minimum absolute atomic E-state index is 0.284. The third-order valence-electron chi connectivity index (χ3n) is 3.03. The lowest BCUT2D eigenvalue weighted by molar-refractivity contribution is 0.169. The molecule has 0 fully saturated rings. The van der Waals surface area contributed by atoms with Crippen molar-refractivity contribution in [3.05, 3.63) is 64.0 Å². The van der Waals surface area contributed by atoms with E-state index >= 15 is 0 Å². The van der Waals surface area contributed by atoms with E-state index in [4.69, 9.17) is 27.6 Å². The zero-order valence-corrected chi connectivity index (χ0v) is 11.9. The van der Waals surface area contributed by atoms with Crippen molar-refractivity contribution in [2.45, 2.75) is 12.5 Å². The summed E-state index contributed by atoms with van der Waals surface area (Å²) in [4.78, 5) is 4.33. The maximum Gasteiger partial charge on any atom is 0.198 e. The van der Waals surface area contributed by atoms with Crippen molar-refractivity contribution in [1.29, 1.82) is 0 Å². The molecule has 0 spiro atoms. The first-order chi connectivity index (χ1) is 9.63. The molecule has 0 radical (unpaired) electrons. The molecule has 1 aromatic heterocycles. The number of hydrogen-bond donors (Lipinski definition) is 1. The summed E-state index contributed by atoms with van der Waals surface area (Å²) in [6.07, 6.45) is -0.454. The molecule has 3 aromatic rings. The standard InChI is InChI=1S/C15H11Cl2NO2/c16-10-6-5-9(7-11(10)17)13(19)8-15-18-12-3-1-2-4-14(12)20-15/h1-7,13,19H,8H2. The molecule has 0 saturated carbocycles. The number of benzene rings is 2. The molecular weight excluding hydrogens is 297 g/mol. The Bertz CT molecular complexity index is 721. The maximum atomic E-state index is 10.2. The molecule has 3 rings (SSSR count). The van der Waals surface area contributed by atoms with Gasteiger partial charge in [-0.25, -0.2) is 4.98 Å². The molecule has 3 nitrogen and oxygen atoms in total. The van der Waals surface area contributed by atoms with Crippen molar-refractivity contribution in [3.63, 3.8) is 0 Å². The van der Waals surface area contributed by atoms with E-state index in [2.05, 4.69) is 4.98 Å². The molecule has 0 aliphatic heterocycles. The van der Waals surface area contributed by atoms with Crippen LogP contribution >= 0.6 is 23.2 Å². The Balaban J connectivity index is 1.84. The average molecular weight is 308 g/mol. The van der Waals surface area contributed by atoms with Crippen LogP contribution in [0.25, 0.3) is 11.1 Å². The van der Waals surface area contributed by atoms with Gasteiger partial charge in [0.15, 0.2) is 11.5 Å². The van der Waals surface area contributed by atoms with Crippen LogP contribution in [0.1, 0.15) is 17.6 Å². The maximum absolute atomic E-state index is 10.2. The first kappa shape index (κ1) is 13.4. The highest BCUT2D eigenvalue weighted by Crippen LogP contribution is 2.27. The quantitative estimate of drug-likeness (QED) is 0.779. The van der Waals surface area contributed by atoms with E-state index in [9.17, 15) is 5.11 Å². The van der Waals surface area contributed by atoms with Crippen molar-refractivity contribution in [1.82, 2.24) is 4.98 Å². The lowest BCUT2D eigenvalue weighted by atomic mass is 10.1. The first-order valence-corrected chi connectivity index (χ1v) is 6.86. The third-order valence-corrected chi connectivity index (χ3v) is 3.77. The molecule has 0 amide bonds. The van der Waals surface area contributed by atoms with Crippen molar-refractivity contribution in [3.8, 4) is 0 Å². The fourth-order valence-electron chi connectivity index (χ4n) is 2.01. The molecule has 1 heterocycles. The summed E-state index contributed by atoms with van der Waals surface area (Å²) >= 11 is 11.8. The number of halogens is 2. The van der Waals surface area contributed by atoms with E-state index in [1.54, 1.807) is 18.2 Å². The number of para-hydroxylation sites is 2. The molecule has 0 saturated heterocycles. The normalized spacial score (nSPS) is 12.8. The number of aromatic nitrogens is 1. The van der Waals surface area contributed by atoms with Gasteiger partial charge >= 0.3 is 0 Å². The first-order valence-electron chi connectivity index (χ1n) is 6.11. The summed E-state index contributed by atoms with van der Waals surface area (Å²) in [5, 5.41) is 11.1. The number of hydrogen-bond acceptors (Lipinski definition) is 3. The van der Waals surface area contributed by atoms with Gasteiger partial charge in [-0.1, -0.05) is 41.4 Å². The number of aliphatic hydroxyl groups excluding tert-OH is 1. The van der Waals surface area contributed by atoms with Crippen molar-refractivity contribution < 1.29 is 9.52 Å². The number of rotatable bonds is 3. The SMILES string of the molecule is OC(Cc1nc2ccccc2o1)c1ccc(Cl)c(Cl)c1. The monoisotopic (exact) mass is 307 g/mol. The average Bonchev–Trinajstić information content (AvgIpc) is 2.83. The van der Waals surface area contributed by atoms with Crippen LogP contribution in [-0.2, 0) is 6.42 Å². The van der Waals surface area contributed by atoms with Gasteiger partial charge in [0, 0.05) is 0 Å². The van der Waals surface area contributed by atoms with Crippen molar-refractivity contribution in [2.24, 2.45) is 0 Å². The predicted molar refractivity (Wildman–Crippen MR) is 79.1 cm³/mol. The Hall–Kier alpha value is -1.55. The van der Waals surface area contributed by atoms with Crippen LogP contribution in [0.4, 0.5) is 0 Å². The fourth-order valence-corrected chi connectivity index (χ4v) is 2.32. The molecule has 20 heavy (non-hydrogen) atoms. The van der Waals surface area contributed by atoms with Crippen LogP contribution < -0.4 is 0 Å². The molecular formula is C15H11Cl2NO2.